The second kappa shape index (κ2) is 5.61. The zero-order valence-electron chi connectivity index (χ0n) is 9.61. The molecule has 1 N–H and O–H groups in total. The molecular weight excluding hydrogens is 210 g/mol. The summed E-state index contributed by atoms with van der Waals surface area (Å²) >= 11 is 0. The molecule has 0 radical (unpaired) electrons. The van der Waals surface area contributed by atoms with Gasteiger partial charge in [-0.15, -0.1) is 0 Å². The van der Waals surface area contributed by atoms with Crippen molar-refractivity contribution in [2.75, 3.05) is 26.9 Å². The van der Waals surface area contributed by atoms with Gasteiger partial charge < -0.3 is 19.5 Å². The van der Waals surface area contributed by atoms with E-state index in [1.807, 2.05) is 0 Å². The molecule has 1 amide bonds. The lowest BCUT2D eigenvalue weighted by atomic mass is 10.1. The first-order chi connectivity index (χ1) is 7.79. The molecule has 16 heavy (non-hydrogen) atoms. The van der Waals surface area contributed by atoms with Crippen LogP contribution in [0.5, 0.6) is 0 Å². The van der Waals surface area contributed by atoms with Gasteiger partial charge in [-0.25, -0.2) is 0 Å². The number of ether oxygens (including phenoxy) is 3. The SMILES string of the molecule is CO[C@@H]1COC[C@@H]1NC(=O)CC1CCCO1. The van der Waals surface area contributed by atoms with Gasteiger partial charge in [-0.3, -0.25) is 4.79 Å². The molecule has 2 heterocycles. The number of nitrogens with one attached hydrogen (secondary N) is 1. The lowest BCUT2D eigenvalue weighted by Crippen LogP contribution is -2.44. The van der Waals surface area contributed by atoms with Crippen LogP contribution in [0.4, 0.5) is 0 Å². The second-order valence-electron chi connectivity index (χ2n) is 4.32. The zero-order chi connectivity index (χ0) is 11.4. The van der Waals surface area contributed by atoms with E-state index in [2.05, 4.69) is 5.32 Å². The molecule has 92 valence electrons. The zero-order valence-corrected chi connectivity index (χ0v) is 9.61. The Morgan fingerprint density at radius 2 is 2.38 bits per heavy atom. The Bertz CT molecular complexity index is 240. The van der Waals surface area contributed by atoms with Gasteiger partial charge >= 0.3 is 0 Å². The molecule has 0 aromatic carbocycles. The first kappa shape index (κ1) is 11.8. The summed E-state index contributed by atoms with van der Waals surface area (Å²) in [5, 5.41) is 2.94. The van der Waals surface area contributed by atoms with Gasteiger partial charge in [0.25, 0.3) is 0 Å². The van der Waals surface area contributed by atoms with Crippen molar-refractivity contribution in [2.45, 2.75) is 37.5 Å². The Labute approximate surface area is 95.4 Å². The van der Waals surface area contributed by atoms with Gasteiger partial charge in [0, 0.05) is 13.7 Å². The van der Waals surface area contributed by atoms with Crippen LogP contribution in [-0.2, 0) is 19.0 Å². The lowest BCUT2D eigenvalue weighted by molar-refractivity contribution is -0.124. The molecule has 0 aliphatic carbocycles. The number of carbonyl (C=O) groups excluding carboxylic acids is 1. The van der Waals surface area contributed by atoms with E-state index >= 15 is 0 Å². The number of carbonyl (C=O) groups is 1. The predicted octanol–water partition coefficient (Wildman–Crippen LogP) is 0.0855. The van der Waals surface area contributed by atoms with Crippen molar-refractivity contribution in [2.24, 2.45) is 0 Å². The topological polar surface area (TPSA) is 56.8 Å². The van der Waals surface area contributed by atoms with Crippen molar-refractivity contribution >= 4 is 5.91 Å². The molecule has 0 spiro atoms. The maximum absolute atomic E-state index is 11.7. The van der Waals surface area contributed by atoms with E-state index in [0.29, 0.717) is 19.6 Å². The predicted molar refractivity (Wildman–Crippen MR) is 57.1 cm³/mol. The number of rotatable bonds is 4. The standard InChI is InChI=1S/C11H19NO4/c1-14-10-7-15-6-9(10)12-11(13)5-8-3-2-4-16-8/h8-10H,2-7H2,1H3,(H,12,13)/t8?,9-,10+/m0/s1. The summed E-state index contributed by atoms with van der Waals surface area (Å²) < 4.78 is 15.9. The van der Waals surface area contributed by atoms with Crippen LogP contribution in [0.3, 0.4) is 0 Å². The molecule has 2 saturated heterocycles. The summed E-state index contributed by atoms with van der Waals surface area (Å²) in [6, 6.07) is -0.0149. The van der Waals surface area contributed by atoms with Crippen LogP contribution in [0, 0.1) is 0 Å². The van der Waals surface area contributed by atoms with Crippen molar-refractivity contribution in [1.29, 1.82) is 0 Å². The number of hydrogen-bond donors (Lipinski definition) is 1. The third-order valence-electron chi connectivity index (χ3n) is 3.11. The molecule has 2 aliphatic heterocycles. The highest BCUT2D eigenvalue weighted by Gasteiger charge is 2.30. The van der Waals surface area contributed by atoms with E-state index in [0.717, 1.165) is 19.4 Å². The molecule has 5 nitrogen and oxygen atoms in total. The maximum Gasteiger partial charge on any atom is 0.222 e. The van der Waals surface area contributed by atoms with Gasteiger partial charge in [-0.05, 0) is 12.8 Å². The first-order valence-electron chi connectivity index (χ1n) is 5.81. The monoisotopic (exact) mass is 229 g/mol. The number of hydrogen-bond acceptors (Lipinski definition) is 4. The molecule has 0 aromatic rings. The summed E-state index contributed by atoms with van der Waals surface area (Å²) in [6.45, 7) is 1.88. The van der Waals surface area contributed by atoms with Gasteiger partial charge in [0.1, 0.15) is 6.10 Å². The minimum absolute atomic E-state index is 0.0149. The highest BCUT2D eigenvalue weighted by Crippen LogP contribution is 2.16. The van der Waals surface area contributed by atoms with Gasteiger partial charge in [0.2, 0.25) is 5.91 Å². The molecular formula is C11H19NO4. The van der Waals surface area contributed by atoms with Gasteiger partial charge in [-0.1, -0.05) is 0 Å². The van der Waals surface area contributed by atoms with Crippen LogP contribution in [0.1, 0.15) is 19.3 Å². The van der Waals surface area contributed by atoms with Crippen LogP contribution >= 0.6 is 0 Å². The molecule has 5 heteroatoms. The smallest absolute Gasteiger partial charge is 0.222 e. The number of methoxy groups -OCH3 is 1. The summed E-state index contributed by atoms with van der Waals surface area (Å²) in [4.78, 5) is 11.7. The van der Waals surface area contributed by atoms with Gasteiger partial charge in [0.05, 0.1) is 31.8 Å². The van der Waals surface area contributed by atoms with Crippen molar-refractivity contribution in [3.8, 4) is 0 Å². The highest BCUT2D eigenvalue weighted by molar-refractivity contribution is 5.76. The molecule has 0 saturated carbocycles. The third kappa shape index (κ3) is 2.93. The average Bonchev–Trinajstić information content (AvgIpc) is 2.88. The first-order valence-corrected chi connectivity index (χ1v) is 5.81. The normalized spacial score (nSPS) is 34.2. The average molecular weight is 229 g/mol. The fraction of sp³-hybridized carbons (Fsp3) is 0.909. The van der Waals surface area contributed by atoms with Crippen LogP contribution < -0.4 is 5.32 Å². The highest BCUT2D eigenvalue weighted by atomic mass is 16.5. The molecule has 3 atom stereocenters. The Balaban J connectivity index is 1.73. The Morgan fingerprint density at radius 3 is 3.06 bits per heavy atom. The minimum atomic E-state index is -0.0200. The van der Waals surface area contributed by atoms with E-state index in [4.69, 9.17) is 14.2 Å². The summed E-state index contributed by atoms with van der Waals surface area (Å²) in [6.07, 6.45) is 2.58. The van der Waals surface area contributed by atoms with E-state index in [9.17, 15) is 4.79 Å². The van der Waals surface area contributed by atoms with Crippen molar-refractivity contribution < 1.29 is 19.0 Å². The Morgan fingerprint density at radius 1 is 1.50 bits per heavy atom. The molecule has 2 fully saturated rings. The van der Waals surface area contributed by atoms with Gasteiger partial charge in [-0.2, -0.15) is 0 Å². The largest absolute Gasteiger partial charge is 0.378 e. The van der Waals surface area contributed by atoms with Crippen LogP contribution in [0.2, 0.25) is 0 Å². The Kier molecular flexibility index (Phi) is 4.15. The second-order valence-corrected chi connectivity index (χ2v) is 4.32. The maximum atomic E-state index is 11.7. The van der Waals surface area contributed by atoms with Crippen molar-refractivity contribution in [3.05, 3.63) is 0 Å². The fourth-order valence-corrected chi connectivity index (χ4v) is 2.18. The van der Waals surface area contributed by atoms with E-state index in [1.165, 1.54) is 0 Å². The summed E-state index contributed by atoms with van der Waals surface area (Å²) in [5.41, 5.74) is 0. The molecule has 1 unspecified atom stereocenters. The quantitative estimate of drug-likeness (QED) is 0.742. The minimum Gasteiger partial charge on any atom is -0.378 e. The Hall–Kier alpha value is -0.650. The van der Waals surface area contributed by atoms with Gasteiger partial charge in [0.15, 0.2) is 0 Å². The van der Waals surface area contributed by atoms with E-state index < -0.39 is 0 Å². The van der Waals surface area contributed by atoms with E-state index in [-0.39, 0.29) is 24.2 Å². The summed E-state index contributed by atoms with van der Waals surface area (Å²) in [5.74, 6) is 0.0319. The fourth-order valence-electron chi connectivity index (χ4n) is 2.18. The van der Waals surface area contributed by atoms with Crippen molar-refractivity contribution in [3.63, 3.8) is 0 Å². The third-order valence-corrected chi connectivity index (χ3v) is 3.11. The molecule has 2 aliphatic rings. The van der Waals surface area contributed by atoms with Crippen LogP contribution in [0.25, 0.3) is 0 Å². The molecule has 0 bridgehead atoms. The van der Waals surface area contributed by atoms with Crippen LogP contribution in [-0.4, -0.2) is 51.1 Å². The lowest BCUT2D eigenvalue weighted by Gasteiger charge is -2.18. The molecule has 2 rings (SSSR count). The summed E-state index contributed by atoms with van der Waals surface area (Å²) in [7, 11) is 1.64. The van der Waals surface area contributed by atoms with Crippen molar-refractivity contribution in [1.82, 2.24) is 5.32 Å². The van der Waals surface area contributed by atoms with Crippen LogP contribution in [0.15, 0.2) is 0 Å². The molecule has 0 aromatic heterocycles. The number of amides is 1. The van der Waals surface area contributed by atoms with E-state index in [1.54, 1.807) is 7.11 Å².